The third kappa shape index (κ3) is 4.72. The Kier molecular flexibility index (Phi) is 6.40. The van der Waals surface area contributed by atoms with Gasteiger partial charge in [0, 0.05) is 60.3 Å². The first-order chi connectivity index (χ1) is 15.8. The molecule has 0 atom stereocenters. The number of benzene rings is 1. The molecule has 7 nitrogen and oxygen atoms in total. The summed E-state index contributed by atoms with van der Waals surface area (Å²) >= 11 is 0. The Balaban J connectivity index is 1.66. The molecule has 0 saturated heterocycles. The van der Waals surface area contributed by atoms with Gasteiger partial charge < -0.3 is 10.1 Å². The predicted octanol–water partition coefficient (Wildman–Crippen LogP) is 4.50. The van der Waals surface area contributed by atoms with E-state index in [1.54, 1.807) is 12.4 Å². The number of ether oxygens (including phenoxy) is 1. The molecule has 0 radical (unpaired) electrons. The average molecular weight is 444 g/mol. The van der Waals surface area contributed by atoms with Crippen LogP contribution >= 0.6 is 0 Å². The van der Waals surface area contributed by atoms with Crippen molar-refractivity contribution in [3.8, 4) is 17.0 Å². The number of fused-ring (bicyclic) bond motifs is 1. The Morgan fingerprint density at radius 3 is 2.73 bits per heavy atom. The number of hydrogen-bond donors (Lipinski definition) is 1. The predicted molar refractivity (Wildman–Crippen MR) is 129 cm³/mol. The van der Waals surface area contributed by atoms with Crippen molar-refractivity contribution in [3.05, 3.63) is 71.3 Å². The van der Waals surface area contributed by atoms with Crippen molar-refractivity contribution < 1.29 is 9.53 Å². The van der Waals surface area contributed by atoms with Gasteiger partial charge in [-0.15, -0.1) is 0 Å². The fraction of sp³-hybridized carbons (Fsp3) is 0.308. The lowest BCUT2D eigenvalue weighted by molar-refractivity contribution is -0.124. The SMILES string of the molecule is Cc1cc(-c2ccnn2C)c2cccc(OCc3c(C)cncc3CNC(=O)C(C)C)c2n1. The molecule has 0 aliphatic carbocycles. The third-order valence-electron chi connectivity index (χ3n) is 5.74. The quantitative estimate of drug-likeness (QED) is 0.455. The van der Waals surface area contributed by atoms with E-state index in [1.807, 2.05) is 63.8 Å². The van der Waals surface area contributed by atoms with Crippen molar-refractivity contribution in [2.75, 3.05) is 0 Å². The number of pyridine rings is 2. The van der Waals surface area contributed by atoms with Crippen LogP contribution in [0.4, 0.5) is 0 Å². The van der Waals surface area contributed by atoms with Crippen molar-refractivity contribution in [1.29, 1.82) is 0 Å². The van der Waals surface area contributed by atoms with Crippen molar-refractivity contribution >= 4 is 16.8 Å². The zero-order chi connectivity index (χ0) is 23.5. The van der Waals surface area contributed by atoms with E-state index in [1.165, 1.54) is 0 Å². The summed E-state index contributed by atoms with van der Waals surface area (Å²) in [5.74, 6) is 0.661. The van der Waals surface area contributed by atoms with Gasteiger partial charge in [0.05, 0.1) is 5.69 Å². The summed E-state index contributed by atoms with van der Waals surface area (Å²) < 4.78 is 8.17. The van der Waals surface area contributed by atoms with Gasteiger partial charge in [-0.25, -0.2) is 4.98 Å². The van der Waals surface area contributed by atoms with Crippen LogP contribution in [0.1, 0.15) is 36.2 Å². The number of carbonyl (C=O) groups is 1. The van der Waals surface area contributed by atoms with E-state index in [0.29, 0.717) is 18.9 Å². The number of carbonyl (C=O) groups excluding carboxylic acids is 1. The zero-order valence-electron chi connectivity index (χ0n) is 19.7. The van der Waals surface area contributed by atoms with Crippen molar-refractivity contribution in [1.82, 2.24) is 25.1 Å². The normalized spacial score (nSPS) is 11.2. The first-order valence-corrected chi connectivity index (χ1v) is 11.1. The Bertz CT molecular complexity index is 1310. The number of nitrogens with one attached hydrogen (secondary N) is 1. The van der Waals surface area contributed by atoms with Gasteiger partial charge >= 0.3 is 0 Å². The number of amides is 1. The highest BCUT2D eigenvalue weighted by atomic mass is 16.5. The summed E-state index contributed by atoms with van der Waals surface area (Å²) in [6.07, 6.45) is 5.40. The van der Waals surface area contributed by atoms with Gasteiger partial charge in [-0.1, -0.05) is 26.0 Å². The van der Waals surface area contributed by atoms with E-state index in [4.69, 9.17) is 9.72 Å². The second-order valence-corrected chi connectivity index (χ2v) is 8.56. The Morgan fingerprint density at radius 2 is 2.00 bits per heavy atom. The molecule has 1 aromatic carbocycles. The molecule has 7 heteroatoms. The topological polar surface area (TPSA) is 81.9 Å². The molecular weight excluding hydrogens is 414 g/mol. The maximum Gasteiger partial charge on any atom is 0.222 e. The molecule has 0 aliphatic heterocycles. The van der Waals surface area contributed by atoms with Gasteiger partial charge in [0.2, 0.25) is 5.91 Å². The summed E-state index contributed by atoms with van der Waals surface area (Å²) in [5.41, 5.74) is 6.80. The van der Waals surface area contributed by atoms with Crippen molar-refractivity contribution in [3.63, 3.8) is 0 Å². The van der Waals surface area contributed by atoms with E-state index in [-0.39, 0.29) is 11.8 Å². The molecule has 3 heterocycles. The number of para-hydroxylation sites is 1. The summed E-state index contributed by atoms with van der Waals surface area (Å²) in [7, 11) is 1.93. The molecule has 0 saturated carbocycles. The molecule has 170 valence electrons. The van der Waals surface area contributed by atoms with Crippen LogP contribution in [0.5, 0.6) is 5.75 Å². The molecule has 1 N–H and O–H groups in total. The van der Waals surface area contributed by atoms with Gasteiger partial charge in [-0.2, -0.15) is 5.10 Å². The van der Waals surface area contributed by atoms with Crippen LogP contribution in [-0.2, 0) is 25.0 Å². The lowest BCUT2D eigenvalue weighted by Crippen LogP contribution is -2.27. The largest absolute Gasteiger partial charge is 0.487 e. The second kappa shape index (κ2) is 9.40. The van der Waals surface area contributed by atoms with Crippen LogP contribution in [0.25, 0.3) is 22.2 Å². The molecule has 0 fully saturated rings. The maximum absolute atomic E-state index is 12.0. The van der Waals surface area contributed by atoms with Gasteiger partial charge in [-0.05, 0) is 43.2 Å². The molecule has 0 aliphatic rings. The Morgan fingerprint density at radius 1 is 1.18 bits per heavy atom. The number of rotatable bonds is 7. The van der Waals surface area contributed by atoms with Crippen LogP contribution in [0, 0.1) is 19.8 Å². The first kappa shape index (κ1) is 22.5. The molecule has 3 aromatic heterocycles. The van der Waals surface area contributed by atoms with Crippen LogP contribution in [-0.4, -0.2) is 25.7 Å². The first-order valence-electron chi connectivity index (χ1n) is 11.1. The van der Waals surface area contributed by atoms with E-state index >= 15 is 0 Å². The van der Waals surface area contributed by atoms with Crippen LogP contribution < -0.4 is 10.1 Å². The Hall–Kier alpha value is -3.74. The van der Waals surface area contributed by atoms with Crippen molar-refractivity contribution in [2.45, 2.75) is 40.8 Å². The fourth-order valence-electron chi connectivity index (χ4n) is 3.86. The monoisotopic (exact) mass is 443 g/mol. The summed E-state index contributed by atoms with van der Waals surface area (Å²) in [5, 5.41) is 8.30. The number of hydrogen-bond acceptors (Lipinski definition) is 5. The van der Waals surface area contributed by atoms with Crippen LogP contribution in [0.2, 0.25) is 0 Å². The zero-order valence-corrected chi connectivity index (χ0v) is 19.7. The van der Waals surface area contributed by atoms with Crippen LogP contribution in [0.15, 0.2) is 48.9 Å². The lowest BCUT2D eigenvalue weighted by Gasteiger charge is -2.16. The molecule has 1 amide bonds. The van der Waals surface area contributed by atoms with Gasteiger partial charge in [0.15, 0.2) is 0 Å². The number of aryl methyl sites for hydroxylation is 3. The third-order valence-corrected chi connectivity index (χ3v) is 5.74. The maximum atomic E-state index is 12.0. The fourth-order valence-corrected chi connectivity index (χ4v) is 3.86. The van der Waals surface area contributed by atoms with E-state index in [9.17, 15) is 4.79 Å². The van der Waals surface area contributed by atoms with Gasteiger partial charge in [-0.3, -0.25) is 14.5 Å². The molecule has 4 rings (SSSR count). The lowest BCUT2D eigenvalue weighted by atomic mass is 10.0. The minimum absolute atomic E-state index is 0.0137. The second-order valence-electron chi connectivity index (χ2n) is 8.56. The van der Waals surface area contributed by atoms with E-state index < -0.39 is 0 Å². The minimum Gasteiger partial charge on any atom is -0.487 e. The molecular formula is C26H29N5O2. The summed E-state index contributed by atoms with van der Waals surface area (Å²) in [6.45, 7) is 8.52. The molecule has 0 spiro atoms. The molecule has 0 bridgehead atoms. The van der Waals surface area contributed by atoms with E-state index in [2.05, 4.69) is 27.5 Å². The van der Waals surface area contributed by atoms with E-state index in [0.717, 1.165) is 44.5 Å². The molecule has 33 heavy (non-hydrogen) atoms. The number of nitrogens with zero attached hydrogens (tertiary/aromatic N) is 4. The summed E-state index contributed by atoms with van der Waals surface area (Å²) in [4.78, 5) is 21.1. The number of aromatic nitrogens is 4. The highest BCUT2D eigenvalue weighted by Gasteiger charge is 2.15. The van der Waals surface area contributed by atoms with Crippen LogP contribution in [0.3, 0.4) is 0 Å². The van der Waals surface area contributed by atoms with Gasteiger partial charge in [0.25, 0.3) is 0 Å². The standard InChI is InChI=1S/C26H29N5O2/c1-16(2)26(32)28-14-19-13-27-12-17(3)22(19)15-33-24-8-6-7-20-21(11-18(4)30-25(20)24)23-9-10-29-31(23)5/h6-13,16H,14-15H2,1-5H3,(H,28,32). The highest BCUT2D eigenvalue weighted by molar-refractivity contribution is 5.97. The molecule has 4 aromatic rings. The summed E-state index contributed by atoms with van der Waals surface area (Å²) in [6, 6.07) is 10.1. The Labute approximate surface area is 193 Å². The minimum atomic E-state index is -0.0684. The van der Waals surface area contributed by atoms with Crippen molar-refractivity contribution in [2.24, 2.45) is 13.0 Å². The highest BCUT2D eigenvalue weighted by Crippen LogP contribution is 2.33. The van der Waals surface area contributed by atoms with Gasteiger partial charge in [0.1, 0.15) is 17.9 Å². The smallest absolute Gasteiger partial charge is 0.222 e. The average Bonchev–Trinajstić information content (AvgIpc) is 3.21. The molecule has 0 unspecified atom stereocenters.